The maximum Gasteiger partial charge on any atom is 0.252 e. The van der Waals surface area contributed by atoms with Crippen LogP contribution in [0.4, 0.5) is 5.82 Å². The van der Waals surface area contributed by atoms with Gasteiger partial charge in [0.15, 0.2) is 0 Å². The van der Waals surface area contributed by atoms with E-state index in [9.17, 15) is 4.79 Å². The number of anilines is 1. The van der Waals surface area contributed by atoms with Crippen molar-refractivity contribution in [2.75, 3.05) is 18.0 Å². The molecule has 6 heteroatoms. The van der Waals surface area contributed by atoms with E-state index < -0.39 is 0 Å². The summed E-state index contributed by atoms with van der Waals surface area (Å²) in [7, 11) is 0. The van der Waals surface area contributed by atoms with E-state index in [0.29, 0.717) is 17.9 Å². The van der Waals surface area contributed by atoms with Gasteiger partial charge in [-0.05, 0) is 54.2 Å². The van der Waals surface area contributed by atoms with E-state index >= 15 is 0 Å². The number of aromatic nitrogens is 2. The molecule has 1 amide bonds. The highest BCUT2D eigenvalue weighted by Crippen LogP contribution is 2.19. The number of amides is 1. The zero-order valence-corrected chi connectivity index (χ0v) is 15.3. The first kappa shape index (κ1) is 16.9. The maximum atomic E-state index is 12.3. The van der Waals surface area contributed by atoms with Crippen LogP contribution in [-0.2, 0) is 6.54 Å². The van der Waals surface area contributed by atoms with E-state index in [0.717, 1.165) is 29.1 Å². The highest BCUT2D eigenvalue weighted by atomic mass is 79.9. The van der Waals surface area contributed by atoms with Crippen molar-refractivity contribution in [3.05, 3.63) is 51.9 Å². The minimum absolute atomic E-state index is 0.132. The number of nitrogens with zero attached hydrogens (tertiary/aromatic N) is 3. The van der Waals surface area contributed by atoms with Gasteiger partial charge in [-0.15, -0.1) is 0 Å². The second kappa shape index (κ2) is 7.75. The molecule has 1 N–H and O–H groups in total. The average Bonchev–Trinajstić information content (AvgIpc) is 2.60. The van der Waals surface area contributed by atoms with Gasteiger partial charge in [-0.3, -0.25) is 4.79 Å². The molecule has 1 aliphatic heterocycles. The van der Waals surface area contributed by atoms with Gasteiger partial charge in [-0.2, -0.15) is 0 Å². The average molecular weight is 389 g/mol. The van der Waals surface area contributed by atoms with Gasteiger partial charge in [0.25, 0.3) is 5.91 Å². The normalized spacial score (nSPS) is 14.5. The highest BCUT2D eigenvalue weighted by molar-refractivity contribution is 9.10. The van der Waals surface area contributed by atoms with Gasteiger partial charge in [-0.1, -0.05) is 12.1 Å². The van der Waals surface area contributed by atoms with Gasteiger partial charge in [0.1, 0.15) is 11.6 Å². The molecule has 0 atom stereocenters. The quantitative estimate of drug-likeness (QED) is 0.870. The Labute approximate surface area is 150 Å². The summed E-state index contributed by atoms with van der Waals surface area (Å²) < 4.78 is 0.779. The number of halogens is 1. The van der Waals surface area contributed by atoms with Gasteiger partial charge >= 0.3 is 0 Å². The van der Waals surface area contributed by atoms with Gasteiger partial charge in [-0.25, -0.2) is 9.97 Å². The van der Waals surface area contributed by atoms with Gasteiger partial charge in [0.2, 0.25) is 0 Å². The number of carbonyl (C=O) groups is 1. The monoisotopic (exact) mass is 388 g/mol. The van der Waals surface area contributed by atoms with Crippen LogP contribution in [0, 0.1) is 6.92 Å². The molecule has 0 spiro atoms. The number of rotatable bonds is 4. The molecule has 0 saturated carbocycles. The molecule has 1 aromatic carbocycles. The molecule has 3 rings (SSSR count). The number of nitrogens with one attached hydrogen (secondary N) is 1. The Kier molecular flexibility index (Phi) is 5.45. The standard InChI is InChI=1S/C18H21BrN4O/c1-13-11-17(23-9-5-2-6-10-23)22-16(21-13)12-20-18(24)14-7-3-4-8-15(14)19/h3-4,7-8,11H,2,5-6,9-10,12H2,1H3,(H,20,24). The van der Waals surface area contributed by atoms with Crippen LogP contribution in [0.25, 0.3) is 0 Å². The molecule has 0 radical (unpaired) electrons. The molecule has 0 aliphatic carbocycles. The lowest BCUT2D eigenvalue weighted by molar-refractivity contribution is 0.0949. The number of piperidine rings is 1. The van der Waals surface area contributed by atoms with E-state index in [1.54, 1.807) is 6.07 Å². The van der Waals surface area contributed by atoms with Crippen LogP contribution in [0.1, 0.15) is 41.1 Å². The second-order valence-corrected chi connectivity index (χ2v) is 6.85. The van der Waals surface area contributed by atoms with Crippen molar-refractivity contribution in [2.24, 2.45) is 0 Å². The van der Waals surface area contributed by atoms with Crippen molar-refractivity contribution in [1.82, 2.24) is 15.3 Å². The molecule has 2 aromatic rings. The Morgan fingerprint density at radius 1 is 1.21 bits per heavy atom. The summed E-state index contributed by atoms with van der Waals surface area (Å²) in [6.45, 7) is 4.37. The lowest BCUT2D eigenvalue weighted by Crippen LogP contribution is -2.31. The number of hydrogen-bond donors (Lipinski definition) is 1. The Balaban J connectivity index is 1.70. The summed E-state index contributed by atoms with van der Waals surface area (Å²) in [6.07, 6.45) is 3.70. The van der Waals surface area contributed by atoms with E-state index in [2.05, 4.69) is 36.1 Å². The van der Waals surface area contributed by atoms with E-state index in [1.807, 2.05) is 31.2 Å². The summed E-state index contributed by atoms with van der Waals surface area (Å²) in [5.41, 5.74) is 1.54. The molecular weight excluding hydrogens is 368 g/mol. The molecule has 126 valence electrons. The molecule has 2 heterocycles. The molecule has 5 nitrogen and oxygen atoms in total. The van der Waals surface area contributed by atoms with Crippen molar-refractivity contribution < 1.29 is 4.79 Å². The third-order valence-corrected chi connectivity index (χ3v) is 4.78. The molecule has 1 aromatic heterocycles. The Morgan fingerprint density at radius 2 is 1.96 bits per heavy atom. The van der Waals surface area contributed by atoms with Crippen LogP contribution in [0.15, 0.2) is 34.8 Å². The van der Waals surface area contributed by atoms with Crippen LogP contribution in [-0.4, -0.2) is 29.0 Å². The van der Waals surface area contributed by atoms with Crippen LogP contribution in [0.5, 0.6) is 0 Å². The number of hydrogen-bond acceptors (Lipinski definition) is 4. The molecule has 1 saturated heterocycles. The lowest BCUT2D eigenvalue weighted by atomic mass is 10.1. The maximum absolute atomic E-state index is 12.3. The molecular formula is C18H21BrN4O. The predicted molar refractivity (Wildman–Crippen MR) is 98.1 cm³/mol. The predicted octanol–water partition coefficient (Wildman–Crippen LogP) is 3.47. The van der Waals surface area contributed by atoms with E-state index in [-0.39, 0.29) is 5.91 Å². The number of carbonyl (C=O) groups excluding carboxylic acids is 1. The zero-order chi connectivity index (χ0) is 16.9. The molecule has 0 bridgehead atoms. The Morgan fingerprint density at radius 3 is 2.71 bits per heavy atom. The fourth-order valence-corrected chi connectivity index (χ4v) is 3.34. The first-order chi connectivity index (χ1) is 11.6. The third-order valence-electron chi connectivity index (χ3n) is 4.09. The van der Waals surface area contributed by atoms with E-state index in [1.165, 1.54) is 19.3 Å². The van der Waals surface area contributed by atoms with Crippen molar-refractivity contribution in [3.63, 3.8) is 0 Å². The molecule has 0 unspecified atom stereocenters. The SMILES string of the molecule is Cc1cc(N2CCCCC2)nc(CNC(=O)c2ccccc2Br)n1. The first-order valence-electron chi connectivity index (χ1n) is 8.26. The largest absolute Gasteiger partial charge is 0.357 e. The van der Waals surface area contributed by atoms with Crippen LogP contribution in [0.2, 0.25) is 0 Å². The van der Waals surface area contributed by atoms with Crippen LogP contribution >= 0.6 is 15.9 Å². The zero-order valence-electron chi connectivity index (χ0n) is 13.8. The van der Waals surface area contributed by atoms with Crippen molar-refractivity contribution >= 4 is 27.7 Å². The summed E-state index contributed by atoms with van der Waals surface area (Å²) >= 11 is 3.40. The minimum Gasteiger partial charge on any atom is -0.357 e. The Hall–Kier alpha value is -1.95. The smallest absolute Gasteiger partial charge is 0.252 e. The van der Waals surface area contributed by atoms with Crippen molar-refractivity contribution in [3.8, 4) is 0 Å². The third kappa shape index (κ3) is 4.12. The lowest BCUT2D eigenvalue weighted by Gasteiger charge is -2.28. The fraction of sp³-hybridized carbons (Fsp3) is 0.389. The van der Waals surface area contributed by atoms with Crippen LogP contribution in [0.3, 0.4) is 0 Å². The minimum atomic E-state index is -0.132. The van der Waals surface area contributed by atoms with Gasteiger partial charge in [0, 0.05) is 29.3 Å². The summed E-state index contributed by atoms with van der Waals surface area (Å²) in [5, 5.41) is 2.90. The number of aryl methyl sites for hydroxylation is 1. The summed E-state index contributed by atoms with van der Waals surface area (Å²) in [5.74, 6) is 1.48. The van der Waals surface area contributed by atoms with Crippen molar-refractivity contribution in [2.45, 2.75) is 32.7 Å². The van der Waals surface area contributed by atoms with Crippen molar-refractivity contribution in [1.29, 1.82) is 0 Å². The first-order valence-corrected chi connectivity index (χ1v) is 9.05. The topological polar surface area (TPSA) is 58.1 Å². The van der Waals surface area contributed by atoms with Crippen LogP contribution < -0.4 is 10.2 Å². The summed E-state index contributed by atoms with van der Waals surface area (Å²) in [6, 6.07) is 9.39. The highest BCUT2D eigenvalue weighted by Gasteiger charge is 2.15. The van der Waals surface area contributed by atoms with Gasteiger partial charge in [0.05, 0.1) is 12.1 Å². The summed E-state index contributed by atoms with van der Waals surface area (Å²) in [4.78, 5) is 23.7. The Bertz CT molecular complexity index is 729. The molecule has 24 heavy (non-hydrogen) atoms. The molecule has 1 aliphatic rings. The van der Waals surface area contributed by atoms with E-state index in [4.69, 9.17) is 0 Å². The fourth-order valence-electron chi connectivity index (χ4n) is 2.88. The van der Waals surface area contributed by atoms with Gasteiger partial charge < -0.3 is 10.2 Å². The number of benzene rings is 1. The molecule has 1 fully saturated rings. The second-order valence-electron chi connectivity index (χ2n) is 5.99.